The fourth-order valence-electron chi connectivity index (χ4n) is 7.15. The van der Waals surface area contributed by atoms with Gasteiger partial charge < -0.3 is 29.3 Å². The first kappa shape index (κ1) is 51.5. The van der Waals surface area contributed by atoms with Gasteiger partial charge in [0.25, 0.3) is 31.9 Å². The lowest BCUT2D eigenvalue weighted by Crippen LogP contribution is -2.39. The number of aryl methyl sites for hydroxylation is 2. The number of H-pyrrole nitrogens is 2. The SMILES string of the molecule is CCOc1ccc(S(=O)(=O)N(CC(=O)N/N=C/c2c[nH]c3ccccc23)c2ccc(C)cc2)cc1.COCCOc1ccc(S(=O)(=O)N(CC(=O)N=Nc2c(O)[nH]c3ccccc23)c2ccc(C)cc2)cc1. The number of carbonyl (C=O) groups is 2. The first-order chi connectivity index (χ1) is 34.7. The average Bonchev–Trinajstić information content (AvgIpc) is 3.94. The number of methoxy groups -OCH3 is 1. The number of nitrogens with one attached hydrogen (secondary N) is 3. The summed E-state index contributed by atoms with van der Waals surface area (Å²) >= 11 is 0. The molecule has 0 saturated heterocycles. The highest BCUT2D eigenvalue weighted by Gasteiger charge is 2.29. The van der Waals surface area contributed by atoms with E-state index in [1.54, 1.807) is 98.2 Å². The monoisotopic (exact) mass is 1010 g/mol. The molecule has 6 aromatic carbocycles. The maximum Gasteiger partial charge on any atom is 0.285 e. The van der Waals surface area contributed by atoms with Crippen molar-refractivity contribution in [3.63, 3.8) is 0 Å². The van der Waals surface area contributed by atoms with Crippen LogP contribution in [0.4, 0.5) is 17.1 Å². The number of aromatic hydroxyl groups is 1. The number of hydrazone groups is 1. The Labute approximate surface area is 416 Å². The van der Waals surface area contributed by atoms with Crippen LogP contribution < -0.4 is 23.5 Å². The molecule has 0 atom stereocenters. The van der Waals surface area contributed by atoms with Gasteiger partial charge >= 0.3 is 0 Å². The molecule has 4 N–H and O–H groups in total. The van der Waals surface area contributed by atoms with Crippen LogP contribution in [-0.2, 0) is 34.4 Å². The van der Waals surface area contributed by atoms with Crippen molar-refractivity contribution in [2.24, 2.45) is 15.3 Å². The Bertz CT molecular complexity index is 3410. The standard InChI is InChI=1S/C26H26N4O6S.C26H26N4O4S/c1-18-7-9-19(10-8-18)30(37(33,34)21-13-11-20(12-14-21)36-16-15-35-2)17-24(31)28-29-25-22-5-3-4-6-23(22)27-26(25)32;1-3-34-22-12-14-23(15-13-22)35(32,33)30(21-10-8-19(2)9-11-21)18-26(31)29-28-17-20-16-27-25-7-5-4-6-24(20)25/h3-14,27,32H,15-17H2,1-2H3;4-17,27H,3,18H2,1-2H3,(H,29,31)/b;28-17+. The molecule has 0 radical (unpaired) electrons. The summed E-state index contributed by atoms with van der Waals surface area (Å²) in [6.07, 6.45) is 3.31. The molecule has 0 bridgehead atoms. The number of sulfonamides is 2. The molecule has 18 nitrogen and oxygen atoms in total. The molecule has 2 heterocycles. The average molecular weight is 1010 g/mol. The Morgan fingerprint density at radius 2 is 1.19 bits per heavy atom. The van der Waals surface area contributed by atoms with Gasteiger partial charge in [0.05, 0.1) is 46.1 Å². The van der Waals surface area contributed by atoms with Crippen LogP contribution >= 0.6 is 0 Å². The molecule has 8 rings (SSSR count). The van der Waals surface area contributed by atoms with Gasteiger partial charge in [0.2, 0.25) is 5.88 Å². The molecule has 0 aliphatic carbocycles. The lowest BCUT2D eigenvalue weighted by atomic mass is 10.2. The number of amides is 2. The maximum atomic E-state index is 13.6. The lowest BCUT2D eigenvalue weighted by molar-refractivity contribution is -0.119. The van der Waals surface area contributed by atoms with Crippen molar-refractivity contribution in [2.75, 3.05) is 48.6 Å². The lowest BCUT2D eigenvalue weighted by Gasteiger charge is -2.24. The van der Waals surface area contributed by atoms with Crippen molar-refractivity contribution in [3.05, 3.63) is 168 Å². The summed E-state index contributed by atoms with van der Waals surface area (Å²) in [6, 6.07) is 40.4. The van der Waals surface area contributed by atoms with Gasteiger partial charge in [-0.2, -0.15) is 5.10 Å². The molecule has 2 aromatic heterocycles. The maximum absolute atomic E-state index is 13.6. The number of carbonyl (C=O) groups excluding carboxylic acids is 2. The highest BCUT2D eigenvalue weighted by atomic mass is 32.2. The summed E-state index contributed by atoms with van der Waals surface area (Å²) in [5, 5.41) is 23.3. The van der Waals surface area contributed by atoms with Crippen LogP contribution in [0.15, 0.2) is 177 Å². The van der Waals surface area contributed by atoms with E-state index in [9.17, 15) is 31.5 Å². The molecule has 0 aliphatic heterocycles. The Hall–Kier alpha value is -8.33. The topological polar surface area (TPSA) is 238 Å². The smallest absolute Gasteiger partial charge is 0.285 e. The molecule has 0 unspecified atom stereocenters. The first-order valence-corrected chi connectivity index (χ1v) is 25.3. The summed E-state index contributed by atoms with van der Waals surface area (Å²) in [6.45, 7) is 5.79. The van der Waals surface area contributed by atoms with E-state index in [2.05, 4.69) is 30.7 Å². The number of aromatic amines is 2. The Morgan fingerprint density at radius 1 is 0.667 bits per heavy atom. The van der Waals surface area contributed by atoms with Crippen LogP contribution in [0.3, 0.4) is 0 Å². The highest BCUT2D eigenvalue weighted by Crippen LogP contribution is 2.35. The zero-order valence-electron chi connectivity index (χ0n) is 39.7. The van der Waals surface area contributed by atoms with Gasteiger partial charge in [-0.25, -0.2) is 22.3 Å². The summed E-state index contributed by atoms with van der Waals surface area (Å²) < 4.78 is 72.1. The van der Waals surface area contributed by atoms with Gasteiger partial charge in [-0.1, -0.05) is 71.8 Å². The zero-order valence-corrected chi connectivity index (χ0v) is 41.4. The molecule has 8 aromatic rings. The van der Waals surface area contributed by atoms with Gasteiger partial charge in [-0.15, -0.1) is 10.2 Å². The molecular weight excluding hydrogens is 961 g/mol. The van der Waals surface area contributed by atoms with Crippen molar-refractivity contribution in [3.8, 4) is 17.4 Å². The predicted octanol–water partition coefficient (Wildman–Crippen LogP) is 8.93. The Kier molecular flexibility index (Phi) is 16.8. The number of benzene rings is 6. The molecule has 372 valence electrons. The molecule has 0 fully saturated rings. The predicted molar refractivity (Wildman–Crippen MR) is 276 cm³/mol. The number of hydrogen-bond acceptors (Lipinski definition) is 12. The number of rotatable bonds is 19. The van der Waals surface area contributed by atoms with E-state index in [0.29, 0.717) is 53.6 Å². The molecule has 0 spiro atoms. The van der Waals surface area contributed by atoms with Crippen LogP contribution in [0.1, 0.15) is 23.6 Å². The second-order valence-corrected chi connectivity index (χ2v) is 19.7. The van der Waals surface area contributed by atoms with E-state index >= 15 is 0 Å². The number of anilines is 2. The molecule has 0 saturated carbocycles. The van der Waals surface area contributed by atoms with Gasteiger partial charge in [-0.05, 0) is 106 Å². The van der Waals surface area contributed by atoms with E-state index in [0.717, 1.165) is 36.2 Å². The number of ether oxygens (including phenoxy) is 3. The van der Waals surface area contributed by atoms with Gasteiger partial charge in [-0.3, -0.25) is 18.2 Å². The molecule has 0 aliphatic rings. The van der Waals surface area contributed by atoms with Crippen molar-refractivity contribution in [1.82, 2.24) is 15.4 Å². The van der Waals surface area contributed by atoms with Gasteiger partial charge in [0.1, 0.15) is 31.2 Å². The Morgan fingerprint density at radius 3 is 1.76 bits per heavy atom. The fourth-order valence-corrected chi connectivity index (χ4v) is 9.98. The van der Waals surface area contributed by atoms with Gasteiger partial charge in [0.15, 0.2) is 5.69 Å². The Balaban J connectivity index is 0.000000212. The number of azo groups is 1. The van der Waals surface area contributed by atoms with Crippen LogP contribution in [0.5, 0.6) is 17.4 Å². The minimum absolute atomic E-state index is 0.0221. The summed E-state index contributed by atoms with van der Waals surface area (Å²) in [5.74, 6) is -0.572. The molecule has 2 amide bonds. The van der Waals surface area contributed by atoms with Crippen LogP contribution in [0, 0.1) is 13.8 Å². The van der Waals surface area contributed by atoms with Gasteiger partial charge in [0, 0.05) is 35.2 Å². The van der Waals surface area contributed by atoms with E-state index < -0.39 is 45.0 Å². The highest BCUT2D eigenvalue weighted by molar-refractivity contribution is 7.93. The van der Waals surface area contributed by atoms with Crippen LogP contribution in [-0.4, -0.2) is 90.0 Å². The first-order valence-electron chi connectivity index (χ1n) is 22.4. The second kappa shape index (κ2) is 23.5. The quantitative estimate of drug-likeness (QED) is 0.0260. The molecule has 72 heavy (non-hydrogen) atoms. The zero-order chi connectivity index (χ0) is 51.3. The molecular formula is C52H52N8O10S2. The number of para-hydroxylation sites is 2. The summed E-state index contributed by atoms with van der Waals surface area (Å²) in [7, 11) is -6.62. The minimum Gasteiger partial charge on any atom is -0.494 e. The van der Waals surface area contributed by atoms with E-state index in [4.69, 9.17) is 14.2 Å². The van der Waals surface area contributed by atoms with E-state index in [1.165, 1.54) is 42.6 Å². The number of nitrogens with zero attached hydrogens (tertiary/aromatic N) is 5. The normalized spacial score (nSPS) is 11.7. The van der Waals surface area contributed by atoms with Crippen LogP contribution in [0.2, 0.25) is 0 Å². The largest absolute Gasteiger partial charge is 0.494 e. The third-order valence-corrected chi connectivity index (χ3v) is 14.4. The van der Waals surface area contributed by atoms with E-state index in [-0.39, 0.29) is 21.4 Å². The third-order valence-electron chi connectivity index (χ3n) is 10.8. The molecule has 20 heteroatoms. The van der Waals surface area contributed by atoms with Crippen molar-refractivity contribution >= 4 is 76.9 Å². The van der Waals surface area contributed by atoms with E-state index in [1.807, 2.05) is 45.0 Å². The van der Waals surface area contributed by atoms with Crippen molar-refractivity contribution in [2.45, 2.75) is 30.6 Å². The second-order valence-electron chi connectivity index (χ2n) is 16.0. The number of aromatic nitrogens is 2. The number of hydrogen-bond donors (Lipinski definition) is 4. The third kappa shape index (κ3) is 12.7. The fraction of sp³-hybridized carbons (Fsp3) is 0.173. The number of fused-ring (bicyclic) bond motifs is 2. The van der Waals surface area contributed by atoms with Crippen LogP contribution in [0.25, 0.3) is 21.8 Å². The summed E-state index contributed by atoms with van der Waals surface area (Å²) in [5.41, 5.74) is 7.49. The summed E-state index contributed by atoms with van der Waals surface area (Å²) in [4.78, 5) is 31.5. The minimum atomic E-state index is -4.14. The van der Waals surface area contributed by atoms with Crippen molar-refractivity contribution < 1.29 is 45.7 Å². The van der Waals surface area contributed by atoms with Crippen molar-refractivity contribution in [1.29, 1.82) is 0 Å².